The van der Waals surface area contributed by atoms with E-state index in [-0.39, 0.29) is 0 Å². The van der Waals surface area contributed by atoms with E-state index in [4.69, 9.17) is 4.74 Å². The number of methoxy groups -OCH3 is 1. The van der Waals surface area contributed by atoms with E-state index >= 15 is 0 Å². The van der Waals surface area contributed by atoms with Gasteiger partial charge in [-0.1, -0.05) is 29.5 Å². The van der Waals surface area contributed by atoms with Gasteiger partial charge in [0, 0.05) is 6.54 Å². The van der Waals surface area contributed by atoms with E-state index in [0.29, 0.717) is 0 Å². The van der Waals surface area contributed by atoms with Crippen molar-refractivity contribution in [1.82, 2.24) is 4.98 Å². The molecule has 3 rings (SSSR count). The molecule has 108 valence electrons. The smallest absolute Gasteiger partial charge is 0.183 e. The van der Waals surface area contributed by atoms with Gasteiger partial charge in [-0.3, -0.25) is 0 Å². The summed E-state index contributed by atoms with van der Waals surface area (Å²) in [6, 6.07) is 14.6. The highest BCUT2D eigenvalue weighted by molar-refractivity contribution is 7.22. The number of nitrogens with one attached hydrogen (secondary N) is 1. The molecule has 0 aliphatic carbocycles. The third kappa shape index (κ3) is 3.34. The van der Waals surface area contributed by atoms with Crippen LogP contribution in [0.15, 0.2) is 42.5 Å². The second-order valence-corrected chi connectivity index (χ2v) is 6.05. The van der Waals surface area contributed by atoms with Gasteiger partial charge in [0.1, 0.15) is 5.75 Å². The summed E-state index contributed by atoms with van der Waals surface area (Å²) in [5.41, 5.74) is 3.58. The molecule has 0 fully saturated rings. The van der Waals surface area contributed by atoms with Crippen LogP contribution in [-0.2, 0) is 6.42 Å². The maximum absolute atomic E-state index is 5.24. The lowest BCUT2D eigenvalue weighted by Gasteiger charge is -2.05. The molecule has 4 heteroatoms. The Kier molecular flexibility index (Phi) is 4.06. The molecule has 0 bridgehead atoms. The van der Waals surface area contributed by atoms with Gasteiger partial charge >= 0.3 is 0 Å². The average Bonchev–Trinajstić information content (AvgIpc) is 2.89. The van der Waals surface area contributed by atoms with Crippen molar-refractivity contribution in [2.45, 2.75) is 13.3 Å². The van der Waals surface area contributed by atoms with Gasteiger partial charge in [-0.25, -0.2) is 4.98 Å². The van der Waals surface area contributed by atoms with E-state index in [0.717, 1.165) is 29.4 Å². The normalized spacial score (nSPS) is 10.8. The highest BCUT2D eigenvalue weighted by atomic mass is 32.1. The summed E-state index contributed by atoms with van der Waals surface area (Å²) in [4.78, 5) is 4.62. The highest BCUT2D eigenvalue weighted by Crippen LogP contribution is 2.26. The van der Waals surface area contributed by atoms with Crippen molar-refractivity contribution < 1.29 is 4.74 Å². The Morgan fingerprint density at radius 3 is 2.95 bits per heavy atom. The lowest BCUT2D eigenvalue weighted by molar-refractivity contribution is 0.414. The van der Waals surface area contributed by atoms with Crippen molar-refractivity contribution in [2.24, 2.45) is 0 Å². The number of rotatable bonds is 5. The number of hydrogen-bond donors (Lipinski definition) is 1. The zero-order valence-corrected chi connectivity index (χ0v) is 13.0. The van der Waals surface area contributed by atoms with Gasteiger partial charge in [-0.05, 0) is 48.7 Å². The Morgan fingerprint density at radius 2 is 2.10 bits per heavy atom. The van der Waals surface area contributed by atoms with Crippen LogP contribution in [0.3, 0.4) is 0 Å². The van der Waals surface area contributed by atoms with E-state index in [9.17, 15) is 0 Å². The van der Waals surface area contributed by atoms with Gasteiger partial charge in [-0.2, -0.15) is 0 Å². The largest absolute Gasteiger partial charge is 0.497 e. The molecule has 3 nitrogen and oxygen atoms in total. The number of nitrogens with zero attached hydrogens (tertiary/aromatic N) is 1. The monoisotopic (exact) mass is 298 g/mol. The molecule has 1 aromatic heterocycles. The third-order valence-electron chi connectivity index (χ3n) is 3.37. The minimum absolute atomic E-state index is 0.867. The summed E-state index contributed by atoms with van der Waals surface area (Å²) in [7, 11) is 1.69. The molecule has 0 spiro atoms. The summed E-state index contributed by atoms with van der Waals surface area (Å²) in [6.45, 7) is 2.96. The number of hydrogen-bond acceptors (Lipinski definition) is 4. The van der Waals surface area contributed by atoms with E-state index in [1.807, 2.05) is 12.1 Å². The fourth-order valence-electron chi connectivity index (χ4n) is 2.25. The molecule has 1 N–H and O–H groups in total. The zero-order chi connectivity index (χ0) is 14.7. The molecule has 0 amide bonds. The van der Waals surface area contributed by atoms with Crippen LogP contribution in [0.25, 0.3) is 10.2 Å². The van der Waals surface area contributed by atoms with Crippen molar-refractivity contribution in [2.75, 3.05) is 19.0 Å². The summed E-state index contributed by atoms with van der Waals surface area (Å²) in [6.07, 6.45) is 0.951. The van der Waals surface area contributed by atoms with Crippen LogP contribution in [0.5, 0.6) is 5.75 Å². The first kappa shape index (κ1) is 13.9. The first-order valence-corrected chi connectivity index (χ1v) is 7.80. The van der Waals surface area contributed by atoms with Crippen LogP contribution in [0.4, 0.5) is 5.13 Å². The average molecular weight is 298 g/mol. The van der Waals surface area contributed by atoms with Gasteiger partial charge in [0.15, 0.2) is 5.13 Å². The molecular formula is C17H18N2OS. The predicted molar refractivity (Wildman–Crippen MR) is 89.5 cm³/mol. The Morgan fingerprint density at radius 1 is 1.19 bits per heavy atom. The van der Waals surface area contributed by atoms with Crippen LogP contribution >= 0.6 is 11.3 Å². The number of aromatic nitrogens is 1. The lowest BCUT2D eigenvalue weighted by atomic mass is 10.1. The van der Waals surface area contributed by atoms with E-state index in [2.05, 4.69) is 47.6 Å². The first-order chi connectivity index (χ1) is 10.2. The fraction of sp³-hybridized carbons (Fsp3) is 0.235. The van der Waals surface area contributed by atoms with Gasteiger partial charge in [0.25, 0.3) is 0 Å². The Balaban J connectivity index is 1.63. The van der Waals surface area contributed by atoms with Gasteiger partial charge < -0.3 is 10.1 Å². The number of benzene rings is 2. The van der Waals surface area contributed by atoms with E-state index < -0.39 is 0 Å². The second kappa shape index (κ2) is 6.14. The predicted octanol–water partition coefficient (Wildman–Crippen LogP) is 4.27. The lowest BCUT2D eigenvalue weighted by Crippen LogP contribution is -2.04. The zero-order valence-electron chi connectivity index (χ0n) is 12.2. The van der Waals surface area contributed by atoms with Gasteiger partial charge in [-0.15, -0.1) is 0 Å². The summed E-state index contributed by atoms with van der Waals surface area (Å²) >= 11 is 1.70. The quantitative estimate of drug-likeness (QED) is 0.764. The van der Waals surface area contributed by atoms with Gasteiger partial charge in [0.2, 0.25) is 0 Å². The highest BCUT2D eigenvalue weighted by Gasteiger charge is 2.03. The minimum atomic E-state index is 0.867. The first-order valence-electron chi connectivity index (χ1n) is 6.98. The number of fused-ring (bicyclic) bond motifs is 1. The third-order valence-corrected chi connectivity index (χ3v) is 4.36. The van der Waals surface area contributed by atoms with Crippen LogP contribution in [-0.4, -0.2) is 18.6 Å². The van der Waals surface area contributed by atoms with Crippen LogP contribution in [0, 0.1) is 6.92 Å². The molecular weight excluding hydrogens is 280 g/mol. The summed E-state index contributed by atoms with van der Waals surface area (Å²) < 4.78 is 6.47. The maximum Gasteiger partial charge on any atom is 0.183 e. The SMILES string of the molecule is COc1cccc(CCNc2nc3cc(C)ccc3s2)c1. The Bertz CT molecular complexity index is 751. The molecule has 0 saturated carbocycles. The Hall–Kier alpha value is -2.07. The molecule has 0 atom stereocenters. The van der Waals surface area contributed by atoms with Crippen LogP contribution in [0.1, 0.15) is 11.1 Å². The summed E-state index contributed by atoms with van der Waals surface area (Å²) in [5.74, 6) is 0.906. The van der Waals surface area contributed by atoms with Crippen LogP contribution < -0.4 is 10.1 Å². The van der Waals surface area contributed by atoms with Gasteiger partial charge in [0.05, 0.1) is 17.3 Å². The molecule has 0 aliphatic rings. The van der Waals surface area contributed by atoms with Crippen molar-refractivity contribution >= 4 is 26.7 Å². The van der Waals surface area contributed by atoms with Crippen molar-refractivity contribution in [3.8, 4) is 5.75 Å². The number of aryl methyl sites for hydroxylation is 1. The molecule has 0 saturated heterocycles. The number of thiazole rings is 1. The molecule has 0 unspecified atom stereocenters. The maximum atomic E-state index is 5.24. The molecule has 1 heterocycles. The van der Waals surface area contributed by atoms with Crippen molar-refractivity contribution in [3.63, 3.8) is 0 Å². The number of ether oxygens (including phenoxy) is 1. The summed E-state index contributed by atoms with van der Waals surface area (Å²) in [5, 5.41) is 4.39. The molecule has 0 aliphatic heterocycles. The number of anilines is 1. The fourth-order valence-corrected chi connectivity index (χ4v) is 3.13. The standard InChI is InChI=1S/C17H18N2OS/c1-12-6-7-16-15(10-12)19-17(21-16)18-9-8-13-4-3-5-14(11-13)20-2/h3-7,10-11H,8-9H2,1-2H3,(H,18,19). The van der Waals surface area contributed by atoms with E-state index in [1.165, 1.54) is 15.8 Å². The molecule has 0 radical (unpaired) electrons. The Labute approximate surface area is 128 Å². The van der Waals surface area contributed by atoms with E-state index in [1.54, 1.807) is 18.4 Å². The van der Waals surface area contributed by atoms with Crippen molar-refractivity contribution in [1.29, 1.82) is 0 Å². The molecule has 21 heavy (non-hydrogen) atoms. The second-order valence-electron chi connectivity index (χ2n) is 5.02. The molecule has 2 aromatic carbocycles. The topological polar surface area (TPSA) is 34.1 Å². The molecule has 3 aromatic rings. The van der Waals surface area contributed by atoms with Crippen molar-refractivity contribution in [3.05, 3.63) is 53.6 Å². The minimum Gasteiger partial charge on any atom is -0.497 e. The van der Waals surface area contributed by atoms with Crippen LogP contribution in [0.2, 0.25) is 0 Å².